The Hall–Kier alpha value is -3.24. The highest BCUT2D eigenvalue weighted by atomic mass is 35.5. The number of nitrogens with one attached hydrogen (secondary N) is 1. The van der Waals surface area contributed by atoms with Crippen LogP contribution in [0.2, 0.25) is 5.02 Å². The maximum absolute atomic E-state index is 12.8. The first-order valence-corrected chi connectivity index (χ1v) is 12.9. The molecular formula is C20H21ClF3N7O5S. The van der Waals surface area contributed by atoms with Gasteiger partial charge in [0.2, 0.25) is 16.0 Å². The SMILES string of the molecule is CCOC[C@@H]1COc2c(OCC(F)(F)F)ccnc2-c2nnc(NS(=O)(=O)CCc3ncc(Cl)cn3)n21. The van der Waals surface area contributed by atoms with E-state index in [0.29, 0.717) is 11.6 Å². The number of aryl methyl sites for hydroxylation is 1. The standard InChI is InChI=1S/C20H21ClF3N7O5S/c1-2-34-9-13-10-35-17-14(36-11-20(22,23)24)3-5-25-16(17)18-28-29-19(31(13)18)30-37(32,33)6-4-15-26-7-12(21)8-27-15/h3,5,7-8,13H,2,4,6,9-11H2,1H3,(H,29,30)/t13-/m1/s1. The van der Waals surface area contributed by atoms with E-state index < -0.39 is 28.8 Å². The molecule has 0 spiro atoms. The Bertz CT molecular complexity index is 1340. The fourth-order valence-corrected chi connectivity index (χ4v) is 4.45. The van der Waals surface area contributed by atoms with E-state index in [1.54, 1.807) is 6.92 Å². The number of pyridine rings is 1. The summed E-state index contributed by atoms with van der Waals surface area (Å²) in [6.45, 7) is 0.541. The van der Waals surface area contributed by atoms with Crippen LogP contribution in [0.5, 0.6) is 11.5 Å². The smallest absolute Gasteiger partial charge is 0.422 e. The van der Waals surface area contributed by atoms with Crippen LogP contribution in [0.4, 0.5) is 19.1 Å². The third-order valence-electron chi connectivity index (χ3n) is 4.98. The molecule has 0 aromatic carbocycles. The molecule has 200 valence electrons. The van der Waals surface area contributed by atoms with E-state index in [4.69, 9.17) is 25.8 Å². The molecule has 3 aromatic rings. The Morgan fingerprint density at radius 1 is 1.24 bits per heavy atom. The average Bonchev–Trinajstić information content (AvgIpc) is 3.16. The first-order valence-electron chi connectivity index (χ1n) is 10.9. The number of rotatable bonds is 10. The summed E-state index contributed by atoms with van der Waals surface area (Å²) >= 11 is 5.75. The van der Waals surface area contributed by atoms with Gasteiger partial charge in [-0.1, -0.05) is 11.6 Å². The first-order chi connectivity index (χ1) is 17.6. The maximum atomic E-state index is 12.8. The molecule has 4 heterocycles. The van der Waals surface area contributed by atoms with E-state index in [2.05, 4.69) is 29.9 Å². The van der Waals surface area contributed by atoms with Gasteiger partial charge in [-0.05, 0) is 6.92 Å². The lowest BCUT2D eigenvalue weighted by atomic mass is 10.2. The third kappa shape index (κ3) is 6.75. The van der Waals surface area contributed by atoms with Gasteiger partial charge in [-0.2, -0.15) is 13.2 Å². The summed E-state index contributed by atoms with van der Waals surface area (Å²) in [5.41, 5.74) is 0.0335. The molecule has 1 atom stereocenters. The lowest BCUT2D eigenvalue weighted by Gasteiger charge is -2.19. The van der Waals surface area contributed by atoms with Gasteiger partial charge < -0.3 is 14.2 Å². The number of alkyl halides is 3. The Morgan fingerprint density at radius 2 is 2.00 bits per heavy atom. The molecule has 0 amide bonds. The molecule has 0 bridgehead atoms. The summed E-state index contributed by atoms with van der Waals surface area (Å²) in [5, 5.41) is 8.33. The minimum Gasteiger partial charge on any atom is -0.485 e. The lowest BCUT2D eigenvalue weighted by molar-refractivity contribution is -0.153. The number of nitrogens with zero attached hydrogens (tertiary/aromatic N) is 6. The molecule has 0 saturated heterocycles. The molecule has 1 aliphatic heterocycles. The predicted octanol–water partition coefficient (Wildman–Crippen LogP) is 2.68. The van der Waals surface area contributed by atoms with Crippen LogP contribution in [0.15, 0.2) is 24.7 Å². The normalized spacial score (nSPS) is 15.3. The number of hydrogen-bond donors (Lipinski definition) is 1. The summed E-state index contributed by atoms with van der Waals surface area (Å²) in [7, 11) is -3.95. The summed E-state index contributed by atoms with van der Waals surface area (Å²) in [6, 6.07) is 0.586. The van der Waals surface area contributed by atoms with Gasteiger partial charge >= 0.3 is 6.18 Å². The van der Waals surface area contributed by atoms with E-state index in [9.17, 15) is 21.6 Å². The van der Waals surface area contributed by atoms with Crippen molar-refractivity contribution >= 4 is 27.6 Å². The summed E-state index contributed by atoms with van der Waals surface area (Å²) in [4.78, 5) is 12.1. The fourth-order valence-electron chi connectivity index (χ4n) is 3.39. The number of sulfonamides is 1. The van der Waals surface area contributed by atoms with Gasteiger partial charge in [-0.25, -0.2) is 23.4 Å². The van der Waals surface area contributed by atoms with Crippen molar-refractivity contribution < 1.29 is 35.8 Å². The van der Waals surface area contributed by atoms with Crippen molar-refractivity contribution in [3.8, 4) is 23.0 Å². The zero-order valence-corrected chi connectivity index (χ0v) is 20.8. The average molecular weight is 564 g/mol. The number of anilines is 1. The van der Waals surface area contributed by atoms with Crippen molar-refractivity contribution in [3.63, 3.8) is 0 Å². The third-order valence-corrected chi connectivity index (χ3v) is 6.41. The highest BCUT2D eigenvalue weighted by molar-refractivity contribution is 7.92. The zero-order chi connectivity index (χ0) is 26.6. The van der Waals surface area contributed by atoms with Crippen LogP contribution in [0.1, 0.15) is 18.8 Å². The van der Waals surface area contributed by atoms with E-state index >= 15 is 0 Å². The van der Waals surface area contributed by atoms with E-state index in [-0.39, 0.29) is 60.2 Å². The van der Waals surface area contributed by atoms with Crippen LogP contribution in [0.3, 0.4) is 0 Å². The van der Waals surface area contributed by atoms with Crippen LogP contribution < -0.4 is 14.2 Å². The monoisotopic (exact) mass is 563 g/mol. The highest BCUT2D eigenvalue weighted by Crippen LogP contribution is 2.41. The lowest BCUT2D eigenvalue weighted by Crippen LogP contribution is -2.26. The number of fused-ring (bicyclic) bond motifs is 3. The van der Waals surface area contributed by atoms with Crippen molar-refractivity contribution in [3.05, 3.63) is 35.5 Å². The molecule has 17 heteroatoms. The number of aromatic nitrogens is 6. The van der Waals surface area contributed by atoms with Crippen molar-refractivity contribution in [2.24, 2.45) is 0 Å². The molecule has 0 radical (unpaired) electrons. The van der Waals surface area contributed by atoms with Crippen LogP contribution in [-0.4, -0.2) is 76.5 Å². The quantitative estimate of drug-likeness (QED) is 0.391. The van der Waals surface area contributed by atoms with Crippen LogP contribution >= 0.6 is 11.6 Å². The molecule has 0 fully saturated rings. The van der Waals surface area contributed by atoms with E-state index in [0.717, 1.165) is 0 Å². The van der Waals surface area contributed by atoms with Gasteiger partial charge in [0.25, 0.3) is 0 Å². The van der Waals surface area contributed by atoms with E-state index in [1.165, 1.54) is 29.2 Å². The summed E-state index contributed by atoms with van der Waals surface area (Å²) < 4.78 is 83.9. The molecule has 3 aromatic heterocycles. The largest absolute Gasteiger partial charge is 0.485 e. The van der Waals surface area contributed by atoms with Gasteiger partial charge in [0.05, 0.1) is 23.4 Å². The Morgan fingerprint density at radius 3 is 2.70 bits per heavy atom. The molecule has 4 rings (SSSR count). The van der Waals surface area contributed by atoms with Crippen molar-refractivity contribution in [1.82, 2.24) is 29.7 Å². The molecular weight excluding hydrogens is 543 g/mol. The van der Waals surface area contributed by atoms with Crippen LogP contribution in [-0.2, 0) is 21.2 Å². The van der Waals surface area contributed by atoms with Gasteiger partial charge in [0.1, 0.15) is 12.4 Å². The number of ether oxygens (including phenoxy) is 3. The maximum Gasteiger partial charge on any atom is 0.422 e. The minimum absolute atomic E-state index is 0.00325. The fraction of sp³-hybridized carbons (Fsp3) is 0.450. The molecule has 1 N–H and O–H groups in total. The highest BCUT2D eigenvalue weighted by Gasteiger charge is 2.34. The van der Waals surface area contributed by atoms with E-state index in [1.807, 2.05) is 0 Å². The Labute approximate surface area is 214 Å². The second-order valence-electron chi connectivity index (χ2n) is 7.72. The van der Waals surface area contributed by atoms with Gasteiger partial charge in [-0.3, -0.25) is 9.29 Å². The molecule has 12 nitrogen and oxygen atoms in total. The molecule has 0 saturated carbocycles. The summed E-state index contributed by atoms with van der Waals surface area (Å²) in [6.07, 6.45) is -0.620. The predicted molar refractivity (Wildman–Crippen MR) is 124 cm³/mol. The minimum atomic E-state index is -4.57. The second-order valence-corrected chi connectivity index (χ2v) is 10.00. The molecule has 37 heavy (non-hydrogen) atoms. The van der Waals surface area contributed by atoms with Crippen LogP contribution in [0.25, 0.3) is 11.5 Å². The topological polar surface area (TPSA) is 143 Å². The zero-order valence-electron chi connectivity index (χ0n) is 19.3. The summed E-state index contributed by atoms with van der Waals surface area (Å²) in [5.74, 6) is -0.437. The van der Waals surface area contributed by atoms with Gasteiger partial charge in [0.15, 0.2) is 29.6 Å². The van der Waals surface area contributed by atoms with Gasteiger partial charge in [-0.15, -0.1) is 10.2 Å². The van der Waals surface area contributed by atoms with Crippen molar-refractivity contribution in [2.75, 3.05) is 36.9 Å². The number of halogens is 4. The molecule has 0 unspecified atom stereocenters. The number of hydrogen-bond acceptors (Lipinski definition) is 10. The Balaban J connectivity index is 1.64. The Kier molecular flexibility index (Phi) is 7.99. The second kappa shape index (κ2) is 11.0. The molecule has 1 aliphatic rings. The van der Waals surface area contributed by atoms with Gasteiger partial charge in [0, 0.05) is 37.7 Å². The van der Waals surface area contributed by atoms with Crippen molar-refractivity contribution in [1.29, 1.82) is 0 Å². The van der Waals surface area contributed by atoms with Crippen LogP contribution in [0, 0.1) is 0 Å². The first kappa shape index (κ1) is 26.8. The van der Waals surface area contributed by atoms with Crippen molar-refractivity contribution in [2.45, 2.75) is 25.6 Å². The molecule has 0 aliphatic carbocycles.